The molecule has 112 valence electrons. The van der Waals surface area contributed by atoms with Crippen LogP contribution in [0.15, 0.2) is 29.2 Å². The molecule has 0 aliphatic rings. The summed E-state index contributed by atoms with van der Waals surface area (Å²) in [6, 6.07) is 6.70. The van der Waals surface area contributed by atoms with Gasteiger partial charge in [0.25, 0.3) is 0 Å². The number of esters is 1. The van der Waals surface area contributed by atoms with Crippen LogP contribution in [0, 0.1) is 0 Å². The van der Waals surface area contributed by atoms with Crippen molar-refractivity contribution in [3.63, 3.8) is 0 Å². The van der Waals surface area contributed by atoms with E-state index in [-0.39, 0.29) is 12.0 Å². The highest BCUT2D eigenvalue weighted by Gasteiger charge is 2.10. The molecule has 6 heteroatoms. The summed E-state index contributed by atoms with van der Waals surface area (Å²) in [4.78, 5) is 11.6. The van der Waals surface area contributed by atoms with Gasteiger partial charge in [-0.25, -0.2) is 8.42 Å². The van der Waals surface area contributed by atoms with Crippen molar-refractivity contribution in [2.75, 3.05) is 12.9 Å². The maximum Gasteiger partial charge on any atom is 0.307 e. The normalized spacial score (nSPS) is 12.9. The summed E-state index contributed by atoms with van der Waals surface area (Å²) in [5, 5.41) is 3.20. The lowest BCUT2D eigenvalue weighted by molar-refractivity contribution is -0.143. The second kappa shape index (κ2) is 7.40. The minimum Gasteiger partial charge on any atom is -0.466 e. The molecule has 1 atom stereocenters. The Morgan fingerprint density at radius 1 is 1.30 bits per heavy atom. The summed E-state index contributed by atoms with van der Waals surface area (Å²) in [6.07, 6.45) is 1.50. The van der Waals surface area contributed by atoms with Gasteiger partial charge in [0.05, 0.1) is 17.9 Å². The minimum absolute atomic E-state index is 0.00337. The number of benzene rings is 1. The van der Waals surface area contributed by atoms with Crippen LogP contribution in [0.3, 0.4) is 0 Å². The maximum atomic E-state index is 11.3. The second-order valence-corrected chi connectivity index (χ2v) is 6.72. The van der Waals surface area contributed by atoms with E-state index in [4.69, 9.17) is 4.74 Å². The van der Waals surface area contributed by atoms with E-state index in [0.29, 0.717) is 24.5 Å². The van der Waals surface area contributed by atoms with E-state index < -0.39 is 9.84 Å². The Morgan fingerprint density at radius 2 is 1.90 bits per heavy atom. The molecule has 0 bridgehead atoms. The van der Waals surface area contributed by atoms with Gasteiger partial charge in [0, 0.05) is 18.8 Å². The molecule has 1 aromatic carbocycles. The highest BCUT2D eigenvalue weighted by Crippen LogP contribution is 2.10. The summed E-state index contributed by atoms with van der Waals surface area (Å²) in [7, 11) is -3.15. The number of nitrogens with one attached hydrogen (secondary N) is 1. The van der Waals surface area contributed by atoms with Crippen LogP contribution in [0.1, 0.15) is 25.8 Å². The third-order valence-corrected chi connectivity index (χ3v) is 3.91. The highest BCUT2D eigenvalue weighted by atomic mass is 32.2. The van der Waals surface area contributed by atoms with Gasteiger partial charge in [0.15, 0.2) is 9.84 Å². The van der Waals surface area contributed by atoms with Crippen LogP contribution in [0.5, 0.6) is 0 Å². The molecule has 0 saturated carbocycles. The number of carbonyl (C=O) groups excluding carboxylic acids is 1. The van der Waals surface area contributed by atoms with Crippen molar-refractivity contribution in [3.05, 3.63) is 29.8 Å². The Bertz CT molecular complexity index is 537. The minimum atomic E-state index is -3.15. The summed E-state index contributed by atoms with van der Waals surface area (Å²) in [6.45, 7) is 4.64. The number of ether oxygens (including phenoxy) is 1. The SMILES string of the molecule is CCOC(=O)CC(C)NCc1ccc(S(C)(=O)=O)cc1. The predicted octanol–water partition coefficient (Wildman–Crippen LogP) is 1.52. The van der Waals surface area contributed by atoms with Crippen molar-refractivity contribution in [1.82, 2.24) is 5.32 Å². The average Bonchev–Trinajstić information content (AvgIpc) is 2.36. The van der Waals surface area contributed by atoms with E-state index in [9.17, 15) is 13.2 Å². The Labute approximate surface area is 120 Å². The molecule has 0 radical (unpaired) electrons. The number of rotatable bonds is 7. The van der Waals surface area contributed by atoms with Crippen LogP contribution in [-0.4, -0.2) is 33.3 Å². The maximum absolute atomic E-state index is 11.3. The van der Waals surface area contributed by atoms with Crippen LogP contribution in [0.2, 0.25) is 0 Å². The molecule has 0 heterocycles. The van der Waals surface area contributed by atoms with Crippen LogP contribution >= 0.6 is 0 Å². The Kier molecular flexibility index (Phi) is 6.16. The number of carbonyl (C=O) groups is 1. The third-order valence-electron chi connectivity index (χ3n) is 2.78. The van der Waals surface area contributed by atoms with Crippen LogP contribution in [0.25, 0.3) is 0 Å². The van der Waals surface area contributed by atoms with Crippen LogP contribution in [0.4, 0.5) is 0 Å². The first kappa shape index (κ1) is 16.7. The van der Waals surface area contributed by atoms with Crippen molar-refractivity contribution in [2.24, 2.45) is 0 Å². The molecule has 20 heavy (non-hydrogen) atoms. The molecule has 1 N–H and O–H groups in total. The van der Waals surface area contributed by atoms with Gasteiger partial charge >= 0.3 is 5.97 Å². The summed E-state index contributed by atoms with van der Waals surface area (Å²) in [5.41, 5.74) is 0.966. The van der Waals surface area contributed by atoms with Crippen molar-refractivity contribution in [1.29, 1.82) is 0 Å². The lowest BCUT2D eigenvalue weighted by Gasteiger charge is -2.13. The Balaban J connectivity index is 2.48. The first-order valence-electron chi connectivity index (χ1n) is 6.51. The first-order chi connectivity index (χ1) is 9.32. The molecular formula is C14H21NO4S. The van der Waals surface area contributed by atoms with E-state index in [0.717, 1.165) is 5.56 Å². The van der Waals surface area contributed by atoms with E-state index >= 15 is 0 Å². The zero-order chi connectivity index (χ0) is 15.2. The second-order valence-electron chi connectivity index (χ2n) is 4.71. The van der Waals surface area contributed by atoms with Crippen LogP contribution < -0.4 is 5.32 Å². The van der Waals surface area contributed by atoms with Crippen molar-refractivity contribution < 1.29 is 17.9 Å². The monoisotopic (exact) mass is 299 g/mol. The smallest absolute Gasteiger partial charge is 0.307 e. The third kappa shape index (κ3) is 5.71. The molecule has 0 amide bonds. The van der Waals surface area contributed by atoms with E-state index in [1.807, 2.05) is 6.92 Å². The van der Waals surface area contributed by atoms with E-state index in [2.05, 4.69) is 5.32 Å². The molecule has 0 aliphatic carbocycles. The molecule has 0 saturated heterocycles. The fourth-order valence-electron chi connectivity index (χ4n) is 1.69. The lowest BCUT2D eigenvalue weighted by Crippen LogP contribution is -2.28. The zero-order valence-corrected chi connectivity index (χ0v) is 12.9. The van der Waals surface area contributed by atoms with Gasteiger partial charge < -0.3 is 10.1 Å². The lowest BCUT2D eigenvalue weighted by atomic mass is 10.2. The van der Waals surface area contributed by atoms with Gasteiger partial charge in [-0.2, -0.15) is 0 Å². The quantitative estimate of drug-likeness (QED) is 0.773. The van der Waals surface area contributed by atoms with Gasteiger partial charge in [-0.05, 0) is 31.5 Å². The van der Waals surface area contributed by atoms with E-state index in [1.165, 1.54) is 6.26 Å². The molecule has 1 rings (SSSR count). The number of sulfone groups is 1. The molecular weight excluding hydrogens is 278 g/mol. The topological polar surface area (TPSA) is 72.5 Å². The zero-order valence-electron chi connectivity index (χ0n) is 12.0. The largest absolute Gasteiger partial charge is 0.466 e. The Morgan fingerprint density at radius 3 is 2.40 bits per heavy atom. The fourth-order valence-corrected chi connectivity index (χ4v) is 2.32. The van der Waals surface area contributed by atoms with Gasteiger partial charge in [-0.3, -0.25) is 4.79 Å². The average molecular weight is 299 g/mol. The van der Waals surface area contributed by atoms with E-state index in [1.54, 1.807) is 31.2 Å². The van der Waals surface area contributed by atoms with Gasteiger partial charge in [-0.1, -0.05) is 12.1 Å². The first-order valence-corrected chi connectivity index (χ1v) is 8.40. The summed E-state index contributed by atoms with van der Waals surface area (Å²) < 4.78 is 27.5. The molecule has 1 aromatic rings. The predicted molar refractivity (Wildman–Crippen MR) is 77.1 cm³/mol. The van der Waals surface area contributed by atoms with Crippen LogP contribution in [-0.2, 0) is 25.9 Å². The molecule has 0 aliphatic heterocycles. The summed E-state index contributed by atoms with van der Waals surface area (Å²) >= 11 is 0. The van der Waals surface area contributed by atoms with Gasteiger partial charge in [0.2, 0.25) is 0 Å². The fraction of sp³-hybridized carbons (Fsp3) is 0.500. The molecule has 0 fully saturated rings. The molecule has 0 spiro atoms. The number of hydrogen-bond donors (Lipinski definition) is 1. The standard InChI is InChI=1S/C14H21NO4S/c1-4-19-14(16)9-11(2)15-10-12-5-7-13(8-6-12)20(3,17)18/h5-8,11,15H,4,9-10H2,1-3H3. The Hall–Kier alpha value is -1.40. The molecule has 5 nitrogen and oxygen atoms in total. The van der Waals surface area contributed by atoms with Gasteiger partial charge in [0.1, 0.15) is 0 Å². The van der Waals surface area contributed by atoms with Crippen molar-refractivity contribution >= 4 is 15.8 Å². The molecule has 1 unspecified atom stereocenters. The summed E-state index contributed by atoms with van der Waals surface area (Å²) in [5.74, 6) is -0.222. The van der Waals surface area contributed by atoms with Crippen molar-refractivity contribution in [2.45, 2.75) is 37.8 Å². The molecule has 0 aromatic heterocycles. The highest BCUT2D eigenvalue weighted by molar-refractivity contribution is 7.90. The number of hydrogen-bond acceptors (Lipinski definition) is 5. The van der Waals surface area contributed by atoms with Crippen molar-refractivity contribution in [3.8, 4) is 0 Å². The van der Waals surface area contributed by atoms with Gasteiger partial charge in [-0.15, -0.1) is 0 Å².